The van der Waals surface area contributed by atoms with Gasteiger partial charge < -0.3 is 31.1 Å². The number of nitrogens with zero attached hydrogens (tertiary/aromatic N) is 2. The van der Waals surface area contributed by atoms with Crippen molar-refractivity contribution in [3.8, 4) is 5.75 Å². The highest BCUT2D eigenvalue weighted by Gasteiger charge is 2.25. The Labute approximate surface area is 192 Å². The highest BCUT2D eigenvalue weighted by molar-refractivity contribution is 7.99. The summed E-state index contributed by atoms with van der Waals surface area (Å²) in [6.07, 6.45) is 3.33. The van der Waals surface area contributed by atoms with Gasteiger partial charge in [-0.3, -0.25) is 4.79 Å². The number of quaternary nitrogens is 1. The number of likely N-dealkylation sites (N-methyl/N-ethyl adjacent to an activating group) is 1. The van der Waals surface area contributed by atoms with E-state index in [9.17, 15) is 4.79 Å². The van der Waals surface area contributed by atoms with Crippen LogP contribution in [-0.2, 0) is 4.79 Å². The van der Waals surface area contributed by atoms with E-state index >= 15 is 0 Å². The molecule has 1 aromatic carbocycles. The molecule has 0 N–H and O–H groups in total. The van der Waals surface area contributed by atoms with Gasteiger partial charge in [0.05, 0.1) is 27.2 Å². The average molecular weight is 488 g/mol. The summed E-state index contributed by atoms with van der Waals surface area (Å²) in [5.74, 6) is 3.99. The monoisotopic (exact) mass is 486 g/mol. The molecule has 2 rings (SSSR count). The van der Waals surface area contributed by atoms with Gasteiger partial charge in [0.15, 0.2) is 6.54 Å². The molecule has 0 saturated carbocycles. The average Bonchev–Trinajstić information content (AvgIpc) is 2.64. The van der Waals surface area contributed by atoms with Crippen LogP contribution in [-0.4, -0.2) is 73.7 Å². The number of benzene rings is 1. The Bertz CT molecular complexity index is 631. The van der Waals surface area contributed by atoms with E-state index in [-0.39, 0.29) is 17.0 Å². The minimum Gasteiger partial charge on any atom is -1.00 e. The number of hydrogen-bond donors (Lipinski definition) is 0. The number of halogens is 1. The molecule has 0 unspecified atom stereocenters. The van der Waals surface area contributed by atoms with Crippen LogP contribution in [0.2, 0.25) is 0 Å². The van der Waals surface area contributed by atoms with Crippen LogP contribution in [0.4, 0.5) is 0 Å². The van der Waals surface area contributed by atoms with Crippen molar-refractivity contribution in [1.82, 2.24) is 4.90 Å². The Morgan fingerprint density at radius 3 is 2.52 bits per heavy atom. The molecular formula is C23H39BrN2O2S. The fraction of sp³-hybridized carbons (Fsp3) is 0.696. The maximum absolute atomic E-state index is 12.5. The normalized spacial score (nSPS) is 14.6. The van der Waals surface area contributed by atoms with E-state index in [2.05, 4.69) is 53.1 Å². The van der Waals surface area contributed by atoms with E-state index < -0.39 is 0 Å². The Morgan fingerprint density at radius 1 is 1.17 bits per heavy atom. The smallest absolute Gasteiger partial charge is 0.277 e. The number of carbonyl (C=O) groups is 1. The standard InChI is InChI=1S/C23H39N2O2S.BrH/c1-19(2)21-10-9-20(3)17-22(21)27-14-8-6-7-13-25(4,5)18-23(26)24-11-15-28-16-12-24;/h9-10,17,19H,6-8,11-16,18H2,1-5H3;1H/q+1;/p-1. The summed E-state index contributed by atoms with van der Waals surface area (Å²) in [7, 11) is 4.35. The van der Waals surface area contributed by atoms with Gasteiger partial charge in [-0.05, 0) is 49.3 Å². The lowest BCUT2D eigenvalue weighted by Gasteiger charge is -2.33. The topological polar surface area (TPSA) is 29.5 Å². The summed E-state index contributed by atoms with van der Waals surface area (Å²) in [6.45, 7) is 10.8. The van der Waals surface area contributed by atoms with Gasteiger partial charge in [-0.2, -0.15) is 11.8 Å². The molecule has 29 heavy (non-hydrogen) atoms. The first-order chi connectivity index (χ1) is 13.3. The molecule has 0 aromatic heterocycles. The van der Waals surface area contributed by atoms with Crippen molar-refractivity contribution in [3.05, 3.63) is 29.3 Å². The van der Waals surface area contributed by atoms with Crippen LogP contribution in [0.15, 0.2) is 18.2 Å². The first-order valence-electron chi connectivity index (χ1n) is 10.7. The van der Waals surface area contributed by atoms with Crippen LogP contribution in [0.5, 0.6) is 5.75 Å². The zero-order chi connectivity index (χ0) is 20.6. The number of unbranched alkanes of at least 4 members (excludes halogenated alkanes) is 2. The zero-order valence-electron chi connectivity index (χ0n) is 18.9. The molecule has 1 aromatic rings. The molecule has 1 saturated heterocycles. The maximum Gasteiger partial charge on any atom is 0.277 e. The minimum atomic E-state index is 0. The largest absolute Gasteiger partial charge is 1.00 e. The third-order valence-electron chi connectivity index (χ3n) is 5.38. The quantitative estimate of drug-likeness (QED) is 0.369. The lowest BCUT2D eigenvalue weighted by atomic mass is 10.0. The molecule has 6 heteroatoms. The second-order valence-electron chi connectivity index (χ2n) is 8.92. The molecule has 0 aliphatic carbocycles. The Hall–Kier alpha value is -0.720. The van der Waals surface area contributed by atoms with Crippen LogP contribution >= 0.6 is 11.8 Å². The van der Waals surface area contributed by atoms with Crippen molar-refractivity contribution >= 4 is 17.7 Å². The van der Waals surface area contributed by atoms with Crippen LogP contribution < -0.4 is 21.7 Å². The third-order valence-corrected chi connectivity index (χ3v) is 6.33. The zero-order valence-corrected chi connectivity index (χ0v) is 21.3. The fourth-order valence-electron chi connectivity index (χ4n) is 3.60. The van der Waals surface area contributed by atoms with E-state index in [1.165, 1.54) is 11.1 Å². The van der Waals surface area contributed by atoms with Crippen LogP contribution in [0.25, 0.3) is 0 Å². The van der Waals surface area contributed by atoms with E-state index in [4.69, 9.17) is 4.74 Å². The van der Waals surface area contributed by atoms with E-state index in [0.29, 0.717) is 18.4 Å². The molecular weight excluding hydrogens is 448 g/mol. The minimum absolute atomic E-state index is 0. The van der Waals surface area contributed by atoms with Crippen molar-refractivity contribution in [2.45, 2.75) is 46.0 Å². The summed E-state index contributed by atoms with van der Waals surface area (Å²) >= 11 is 1.95. The number of aryl methyl sites for hydroxylation is 1. The Morgan fingerprint density at radius 2 is 1.86 bits per heavy atom. The first-order valence-corrected chi connectivity index (χ1v) is 11.8. The molecule has 1 fully saturated rings. The predicted octanol–water partition coefficient (Wildman–Crippen LogP) is 1.32. The highest BCUT2D eigenvalue weighted by Crippen LogP contribution is 2.27. The van der Waals surface area contributed by atoms with Gasteiger partial charge >= 0.3 is 0 Å². The second kappa shape index (κ2) is 12.9. The molecule has 0 atom stereocenters. The van der Waals surface area contributed by atoms with Crippen molar-refractivity contribution in [1.29, 1.82) is 0 Å². The van der Waals surface area contributed by atoms with Gasteiger partial charge in [0.1, 0.15) is 5.75 Å². The van der Waals surface area contributed by atoms with Crippen LogP contribution in [0, 0.1) is 6.92 Å². The molecule has 166 valence electrons. The van der Waals surface area contributed by atoms with E-state index in [1.807, 2.05) is 16.7 Å². The molecule has 1 aliphatic rings. The van der Waals surface area contributed by atoms with Crippen molar-refractivity contribution in [2.75, 3.05) is 58.4 Å². The molecule has 1 aliphatic heterocycles. The lowest BCUT2D eigenvalue weighted by Crippen LogP contribution is -3.00. The van der Waals surface area contributed by atoms with Crippen molar-refractivity contribution in [2.24, 2.45) is 0 Å². The predicted molar refractivity (Wildman–Crippen MR) is 120 cm³/mol. The molecule has 1 heterocycles. The molecule has 0 spiro atoms. The van der Waals surface area contributed by atoms with Crippen LogP contribution in [0.1, 0.15) is 50.2 Å². The summed E-state index contributed by atoms with van der Waals surface area (Å²) in [4.78, 5) is 14.5. The first kappa shape index (κ1) is 26.3. The SMILES string of the molecule is Cc1ccc(C(C)C)c(OCCCCC[N+](C)(C)CC(=O)N2CCSCC2)c1.[Br-]. The summed E-state index contributed by atoms with van der Waals surface area (Å²) < 4.78 is 6.86. The number of rotatable bonds is 10. The van der Waals surface area contributed by atoms with Gasteiger partial charge in [-0.1, -0.05) is 26.0 Å². The number of ether oxygens (including phenoxy) is 1. The van der Waals surface area contributed by atoms with Gasteiger partial charge in [0.25, 0.3) is 5.91 Å². The maximum atomic E-state index is 12.5. The van der Waals surface area contributed by atoms with Gasteiger partial charge in [0.2, 0.25) is 0 Å². The summed E-state index contributed by atoms with van der Waals surface area (Å²) in [5.41, 5.74) is 2.54. The van der Waals surface area contributed by atoms with Crippen molar-refractivity contribution in [3.63, 3.8) is 0 Å². The number of hydrogen-bond acceptors (Lipinski definition) is 3. The van der Waals surface area contributed by atoms with E-state index in [0.717, 1.165) is 67.2 Å². The lowest BCUT2D eigenvalue weighted by molar-refractivity contribution is -0.883. The third kappa shape index (κ3) is 9.31. The Balaban J connectivity index is 0.00000420. The van der Waals surface area contributed by atoms with E-state index in [1.54, 1.807) is 0 Å². The molecule has 0 radical (unpaired) electrons. The van der Waals surface area contributed by atoms with Crippen LogP contribution in [0.3, 0.4) is 0 Å². The summed E-state index contributed by atoms with van der Waals surface area (Å²) in [5, 5.41) is 0. The summed E-state index contributed by atoms with van der Waals surface area (Å²) in [6, 6.07) is 6.50. The molecule has 0 bridgehead atoms. The second-order valence-corrected chi connectivity index (χ2v) is 10.1. The number of thioether (sulfide) groups is 1. The number of carbonyl (C=O) groups excluding carboxylic acids is 1. The molecule has 1 amide bonds. The highest BCUT2D eigenvalue weighted by atomic mass is 79.9. The van der Waals surface area contributed by atoms with Gasteiger partial charge in [0, 0.05) is 24.6 Å². The number of amides is 1. The van der Waals surface area contributed by atoms with Crippen molar-refractivity contribution < 1.29 is 31.0 Å². The fourth-order valence-corrected chi connectivity index (χ4v) is 4.51. The Kier molecular flexibility index (Phi) is 11.7. The van der Waals surface area contributed by atoms with Gasteiger partial charge in [-0.15, -0.1) is 0 Å². The molecule has 4 nitrogen and oxygen atoms in total. The van der Waals surface area contributed by atoms with Gasteiger partial charge in [-0.25, -0.2) is 0 Å².